The molecule has 364 valence electrons. The Morgan fingerprint density at radius 3 is 1.34 bits per heavy atom. The average Bonchev–Trinajstić information content (AvgIpc) is 3.29. The predicted octanol–water partition coefficient (Wildman–Crippen LogP) is 15.9. The van der Waals surface area contributed by atoms with Crippen LogP contribution in [0.3, 0.4) is 0 Å². The van der Waals surface area contributed by atoms with Crippen molar-refractivity contribution >= 4 is 11.9 Å². The summed E-state index contributed by atoms with van der Waals surface area (Å²) in [6.45, 7) is 6.29. The number of aliphatic hydroxyl groups is 2. The second kappa shape index (κ2) is 50.5. The standard InChI is InChI=1S/C58H97NO5/c1-4-7-10-13-16-19-22-24-26-27-28-29-31-33-36-39-42-45-48-51-58(63)64-54(49-46-43-40-37-35-32-30-25-23-20-17-14-11-8-5-2)52-57(62)59-55(53-60)56(61)50-47-44-41-38-34-21-18-15-12-9-6-3/h7,10,16-17,19-20,24-26,28-30,33,35-37,43,46,54-56,60-61H,4-6,8-9,11-15,18,21-23,27,31-32,34,38-42,44-45,47-53H2,1-3H3,(H,59,62)/b10-7-,19-16-,20-17-,26-24-,29-28-,30-25-,36-33-,37-35-,46-43-. The van der Waals surface area contributed by atoms with Crippen molar-refractivity contribution in [3.63, 3.8) is 0 Å². The Hall–Kier alpha value is -3.48. The summed E-state index contributed by atoms with van der Waals surface area (Å²) in [6, 6.07) is -0.744. The molecule has 3 N–H and O–H groups in total. The van der Waals surface area contributed by atoms with Crippen LogP contribution in [-0.2, 0) is 14.3 Å². The number of nitrogens with one attached hydrogen (secondary N) is 1. The SMILES string of the molecule is CC/C=C\C/C=C\C/C=C\C/C=C\C/C=C\CCCCCC(=O)OC(C/C=C\C/C=C\C/C=C\C/C=C\CCCCC)CC(=O)NC(CO)C(O)CCCCCCCCCCCCC. The number of rotatable bonds is 45. The van der Waals surface area contributed by atoms with Crippen LogP contribution in [0.25, 0.3) is 0 Å². The van der Waals surface area contributed by atoms with Gasteiger partial charge in [0.2, 0.25) is 5.91 Å². The molecule has 0 heterocycles. The fraction of sp³-hybridized carbons (Fsp3) is 0.655. The van der Waals surface area contributed by atoms with Gasteiger partial charge in [0.05, 0.1) is 25.2 Å². The Morgan fingerprint density at radius 2 is 0.875 bits per heavy atom. The molecule has 0 spiro atoms. The normalized spacial score (nSPS) is 14.1. The summed E-state index contributed by atoms with van der Waals surface area (Å²) in [5, 5.41) is 23.7. The monoisotopic (exact) mass is 888 g/mol. The first-order valence-corrected chi connectivity index (χ1v) is 26.1. The molecule has 0 aromatic carbocycles. The molecule has 0 rings (SSSR count). The van der Waals surface area contributed by atoms with Gasteiger partial charge < -0.3 is 20.3 Å². The van der Waals surface area contributed by atoms with Crippen LogP contribution < -0.4 is 5.32 Å². The highest BCUT2D eigenvalue weighted by Gasteiger charge is 2.23. The zero-order valence-electron chi connectivity index (χ0n) is 41.4. The van der Waals surface area contributed by atoms with E-state index in [-0.39, 0.29) is 24.9 Å². The summed E-state index contributed by atoms with van der Waals surface area (Å²) < 4.78 is 5.86. The molecule has 0 saturated carbocycles. The van der Waals surface area contributed by atoms with Gasteiger partial charge in [-0.3, -0.25) is 9.59 Å². The number of hydrogen-bond donors (Lipinski definition) is 3. The summed E-state index contributed by atoms with van der Waals surface area (Å²) in [5.41, 5.74) is 0. The average molecular weight is 888 g/mol. The van der Waals surface area contributed by atoms with Gasteiger partial charge in [0.25, 0.3) is 0 Å². The van der Waals surface area contributed by atoms with Crippen molar-refractivity contribution in [2.75, 3.05) is 6.61 Å². The van der Waals surface area contributed by atoms with E-state index in [9.17, 15) is 19.8 Å². The van der Waals surface area contributed by atoms with E-state index in [2.05, 4.69) is 123 Å². The van der Waals surface area contributed by atoms with Crippen LogP contribution in [0.15, 0.2) is 109 Å². The van der Waals surface area contributed by atoms with Gasteiger partial charge in [-0.05, 0) is 89.9 Å². The molecule has 3 unspecified atom stereocenters. The van der Waals surface area contributed by atoms with E-state index in [1.165, 1.54) is 70.6 Å². The van der Waals surface area contributed by atoms with Gasteiger partial charge in [0.15, 0.2) is 0 Å². The molecule has 0 saturated heterocycles. The van der Waals surface area contributed by atoms with E-state index in [0.717, 1.165) is 103 Å². The van der Waals surface area contributed by atoms with Crippen molar-refractivity contribution in [1.29, 1.82) is 0 Å². The van der Waals surface area contributed by atoms with Crippen molar-refractivity contribution < 1.29 is 24.5 Å². The van der Waals surface area contributed by atoms with E-state index < -0.39 is 18.2 Å². The number of amides is 1. The minimum atomic E-state index is -0.823. The van der Waals surface area contributed by atoms with E-state index in [0.29, 0.717) is 19.3 Å². The molecule has 0 aromatic rings. The molecule has 3 atom stereocenters. The Balaban J connectivity index is 4.79. The number of ether oxygens (including phenoxy) is 1. The van der Waals surface area contributed by atoms with Crippen LogP contribution >= 0.6 is 0 Å². The maximum absolute atomic E-state index is 13.2. The number of hydrogen-bond acceptors (Lipinski definition) is 5. The van der Waals surface area contributed by atoms with Crippen LogP contribution in [0.2, 0.25) is 0 Å². The second-order valence-corrected chi connectivity index (χ2v) is 17.2. The Bertz CT molecular complexity index is 1320. The number of carbonyl (C=O) groups excluding carboxylic acids is 2. The lowest BCUT2D eigenvalue weighted by Crippen LogP contribution is -2.46. The van der Waals surface area contributed by atoms with E-state index in [1.54, 1.807) is 0 Å². The zero-order chi connectivity index (χ0) is 46.7. The van der Waals surface area contributed by atoms with Gasteiger partial charge in [-0.2, -0.15) is 0 Å². The Kier molecular flexibility index (Phi) is 47.8. The first-order chi connectivity index (χ1) is 31.5. The molecule has 0 aliphatic rings. The van der Waals surface area contributed by atoms with Gasteiger partial charge in [-0.25, -0.2) is 0 Å². The summed E-state index contributed by atoms with van der Waals surface area (Å²) in [7, 11) is 0. The fourth-order valence-electron chi connectivity index (χ4n) is 7.14. The number of carbonyl (C=O) groups is 2. The molecule has 6 heteroatoms. The van der Waals surface area contributed by atoms with Crippen molar-refractivity contribution in [1.82, 2.24) is 5.32 Å². The number of aliphatic hydroxyl groups excluding tert-OH is 2. The molecule has 1 amide bonds. The summed E-state index contributed by atoms with van der Waals surface area (Å²) in [4.78, 5) is 26.1. The van der Waals surface area contributed by atoms with Crippen molar-refractivity contribution in [2.24, 2.45) is 0 Å². The van der Waals surface area contributed by atoms with Crippen LogP contribution in [0, 0.1) is 0 Å². The van der Waals surface area contributed by atoms with Crippen LogP contribution in [0.1, 0.15) is 220 Å². The highest BCUT2D eigenvalue weighted by molar-refractivity contribution is 5.77. The zero-order valence-corrected chi connectivity index (χ0v) is 41.4. The Morgan fingerprint density at radius 1 is 0.484 bits per heavy atom. The first-order valence-electron chi connectivity index (χ1n) is 26.1. The molecular formula is C58H97NO5. The summed E-state index contributed by atoms with van der Waals surface area (Å²) in [6.07, 6.45) is 68.7. The van der Waals surface area contributed by atoms with Gasteiger partial charge in [0.1, 0.15) is 6.10 Å². The third-order valence-electron chi connectivity index (χ3n) is 11.1. The molecule has 0 aromatic heterocycles. The molecule has 0 aliphatic carbocycles. The van der Waals surface area contributed by atoms with Crippen LogP contribution in [-0.4, -0.2) is 46.9 Å². The van der Waals surface area contributed by atoms with Gasteiger partial charge >= 0.3 is 5.97 Å². The third-order valence-corrected chi connectivity index (χ3v) is 11.1. The number of allylic oxidation sites excluding steroid dienone is 17. The maximum Gasteiger partial charge on any atom is 0.306 e. The lowest BCUT2D eigenvalue weighted by Gasteiger charge is -2.24. The minimum Gasteiger partial charge on any atom is -0.461 e. The molecule has 0 radical (unpaired) electrons. The molecule has 0 fully saturated rings. The van der Waals surface area contributed by atoms with Gasteiger partial charge in [-0.15, -0.1) is 0 Å². The molecular weight excluding hydrogens is 791 g/mol. The molecule has 6 nitrogen and oxygen atoms in total. The largest absolute Gasteiger partial charge is 0.461 e. The first kappa shape index (κ1) is 60.5. The maximum atomic E-state index is 13.2. The van der Waals surface area contributed by atoms with Gasteiger partial charge in [-0.1, -0.05) is 220 Å². The van der Waals surface area contributed by atoms with Crippen molar-refractivity contribution in [3.8, 4) is 0 Å². The number of unbranched alkanes of at least 4 members (excludes halogenated alkanes) is 16. The molecule has 0 aliphatic heterocycles. The predicted molar refractivity (Wildman–Crippen MR) is 277 cm³/mol. The van der Waals surface area contributed by atoms with Crippen LogP contribution in [0.5, 0.6) is 0 Å². The summed E-state index contributed by atoms with van der Waals surface area (Å²) in [5.74, 6) is -0.624. The smallest absolute Gasteiger partial charge is 0.306 e. The lowest BCUT2D eigenvalue weighted by atomic mass is 10.0. The fourth-order valence-corrected chi connectivity index (χ4v) is 7.14. The second-order valence-electron chi connectivity index (χ2n) is 17.2. The topological polar surface area (TPSA) is 95.9 Å². The van der Waals surface area contributed by atoms with E-state index in [4.69, 9.17) is 4.74 Å². The van der Waals surface area contributed by atoms with E-state index >= 15 is 0 Å². The highest BCUT2D eigenvalue weighted by Crippen LogP contribution is 2.15. The Labute approximate surface area is 394 Å². The molecule has 64 heavy (non-hydrogen) atoms. The quantitative estimate of drug-likeness (QED) is 0.0322. The summed E-state index contributed by atoms with van der Waals surface area (Å²) >= 11 is 0. The van der Waals surface area contributed by atoms with E-state index in [1.807, 2.05) is 12.2 Å². The minimum absolute atomic E-state index is 0.0184. The van der Waals surface area contributed by atoms with Crippen molar-refractivity contribution in [2.45, 2.75) is 238 Å². The van der Waals surface area contributed by atoms with Crippen molar-refractivity contribution in [3.05, 3.63) is 109 Å². The number of esters is 1. The lowest BCUT2D eigenvalue weighted by molar-refractivity contribution is -0.150. The van der Waals surface area contributed by atoms with Gasteiger partial charge in [0, 0.05) is 12.8 Å². The highest BCUT2D eigenvalue weighted by atomic mass is 16.5. The third kappa shape index (κ3) is 45.1. The van der Waals surface area contributed by atoms with Crippen LogP contribution in [0.4, 0.5) is 0 Å². The molecule has 0 bridgehead atoms.